The van der Waals surface area contributed by atoms with Gasteiger partial charge in [-0.3, -0.25) is 4.79 Å². The van der Waals surface area contributed by atoms with Gasteiger partial charge < -0.3 is 20.1 Å². The standard InChI is InChI=1S/C33H47N5O/c1-23(2)15-19-37(20-16-24(3)4)25(5)29-9-12-31-32(21-29)38(22-27-13-17-34-18-14-27)33(36-31)35-30-10-7-28(8-11-30)26(6)39/h7-12,21,23-24,27,34H,5,13-20,22H2,1-4,6H3,(H,35,36). The van der Waals surface area contributed by atoms with E-state index in [9.17, 15) is 4.79 Å². The van der Waals surface area contributed by atoms with Crippen LogP contribution in [0.25, 0.3) is 16.7 Å². The molecule has 1 saturated heterocycles. The SMILES string of the molecule is C=C(c1ccc2nc(Nc3ccc(C(C)=O)cc3)n(CC3CCNCC3)c2c1)N(CCC(C)C)CCC(C)C. The molecule has 3 aromatic rings. The summed E-state index contributed by atoms with van der Waals surface area (Å²) in [6.45, 7) is 20.4. The van der Waals surface area contributed by atoms with Gasteiger partial charge in [0.15, 0.2) is 5.78 Å². The Hall–Kier alpha value is -3.12. The van der Waals surface area contributed by atoms with Gasteiger partial charge in [0.25, 0.3) is 0 Å². The Bertz CT molecular complexity index is 1240. The molecule has 2 N–H and O–H groups in total. The lowest BCUT2D eigenvalue weighted by Crippen LogP contribution is -2.30. The van der Waals surface area contributed by atoms with E-state index in [1.54, 1.807) is 6.92 Å². The minimum absolute atomic E-state index is 0.0725. The van der Waals surface area contributed by atoms with Crippen LogP contribution in [0.15, 0.2) is 49.0 Å². The van der Waals surface area contributed by atoms with Crippen LogP contribution in [0.3, 0.4) is 0 Å². The van der Waals surface area contributed by atoms with Crippen LogP contribution in [0.4, 0.5) is 11.6 Å². The van der Waals surface area contributed by atoms with E-state index in [2.05, 4.69) is 72.6 Å². The molecule has 6 heteroatoms. The van der Waals surface area contributed by atoms with Crippen LogP contribution in [-0.4, -0.2) is 46.4 Å². The van der Waals surface area contributed by atoms with Crippen molar-refractivity contribution in [3.63, 3.8) is 0 Å². The molecule has 0 bridgehead atoms. The van der Waals surface area contributed by atoms with Crippen LogP contribution in [-0.2, 0) is 6.54 Å². The fourth-order valence-corrected chi connectivity index (χ4v) is 5.21. The number of piperidine rings is 1. The number of nitrogens with one attached hydrogen (secondary N) is 2. The van der Waals surface area contributed by atoms with Crippen LogP contribution in [0, 0.1) is 17.8 Å². The highest BCUT2D eigenvalue weighted by atomic mass is 16.1. The molecule has 0 saturated carbocycles. The number of carbonyl (C=O) groups excluding carboxylic acids is 1. The first kappa shape index (κ1) is 28.9. The second-order valence-corrected chi connectivity index (χ2v) is 12.0. The van der Waals surface area contributed by atoms with E-state index in [1.165, 1.54) is 5.56 Å². The number of hydrogen-bond donors (Lipinski definition) is 2. The average molecular weight is 530 g/mol. The lowest BCUT2D eigenvalue weighted by molar-refractivity contribution is 0.101. The van der Waals surface area contributed by atoms with Crippen molar-refractivity contribution in [3.8, 4) is 0 Å². The molecule has 0 spiro atoms. The zero-order chi connectivity index (χ0) is 27.9. The van der Waals surface area contributed by atoms with Crippen molar-refractivity contribution in [1.29, 1.82) is 0 Å². The van der Waals surface area contributed by atoms with Gasteiger partial charge in [0.05, 0.1) is 11.0 Å². The highest BCUT2D eigenvalue weighted by molar-refractivity contribution is 5.94. The summed E-state index contributed by atoms with van der Waals surface area (Å²) in [6.07, 6.45) is 4.64. The molecule has 1 aliphatic rings. The zero-order valence-electron chi connectivity index (χ0n) is 24.6. The van der Waals surface area contributed by atoms with Crippen molar-refractivity contribution in [1.82, 2.24) is 19.8 Å². The van der Waals surface area contributed by atoms with E-state index in [1.807, 2.05) is 24.3 Å². The number of rotatable bonds is 13. The summed E-state index contributed by atoms with van der Waals surface area (Å²) in [4.78, 5) is 19.2. The van der Waals surface area contributed by atoms with Crippen LogP contribution < -0.4 is 10.6 Å². The number of hydrogen-bond acceptors (Lipinski definition) is 5. The van der Waals surface area contributed by atoms with Gasteiger partial charge in [-0.05, 0) is 105 Å². The third-order valence-corrected chi connectivity index (χ3v) is 7.86. The Morgan fingerprint density at radius 3 is 2.23 bits per heavy atom. The van der Waals surface area contributed by atoms with Crippen LogP contribution in [0.5, 0.6) is 0 Å². The lowest BCUT2D eigenvalue weighted by atomic mass is 9.98. The fourth-order valence-electron chi connectivity index (χ4n) is 5.21. The molecule has 4 rings (SSSR count). The molecule has 1 aromatic heterocycles. The average Bonchev–Trinajstić information content (AvgIpc) is 3.24. The van der Waals surface area contributed by atoms with Crippen molar-refractivity contribution in [3.05, 3.63) is 60.2 Å². The Morgan fingerprint density at radius 1 is 1.03 bits per heavy atom. The third-order valence-electron chi connectivity index (χ3n) is 7.86. The second-order valence-electron chi connectivity index (χ2n) is 12.0. The number of carbonyl (C=O) groups is 1. The van der Waals surface area contributed by atoms with Crippen molar-refractivity contribution in [2.45, 2.75) is 66.8 Å². The summed E-state index contributed by atoms with van der Waals surface area (Å²) < 4.78 is 2.35. The van der Waals surface area contributed by atoms with Gasteiger partial charge in [0.1, 0.15) is 0 Å². The van der Waals surface area contributed by atoms with Crippen LogP contribution >= 0.6 is 0 Å². The van der Waals surface area contributed by atoms with Crippen LogP contribution in [0.1, 0.15) is 76.2 Å². The lowest BCUT2D eigenvalue weighted by Gasteiger charge is -2.29. The normalized spacial score (nSPS) is 14.3. The van der Waals surface area contributed by atoms with Crippen molar-refractivity contribution >= 4 is 34.1 Å². The van der Waals surface area contributed by atoms with Gasteiger partial charge in [0.2, 0.25) is 5.95 Å². The molecule has 0 aliphatic carbocycles. The summed E-state index contributed by atoms with van der Waals surface area (Å²) in [6, 6.07) is 14.3. The maximum atomic E-state index is 11.7. The molecule has 0 radical (unpaired) electrons. The van der Waals surface area contributed by atoms with Gasteiger partial charge in [-0.1, -0.05) is 40.3 Å². The van der Waals surface area contributed by atoms with E-state index >= 15 is 0 Å². The first-order valence-corrected chi connectivity index (χ1v) is 14.7. The quantitative estimate of drug-likeness (QED) is 0.227. The third kappa shape index (κ3) is 7.72. The topological polar surface area (TPSA) is 62.2 Å². The highest BCUT2D eigenvalue weighted by Gasteiger charge is 2.20. The molecular weight excluding hydrogens is 482 g/mol. The molecule has 0 atom stereocenters. The molecule has 210 valence electrons. The monoisotopic (exact) mass is 529 g/mol. The maximum Gasteiger partial charge on any atom is 0.208 e. The molecule has 1 fully saturated rings. The number of imidazole rings is 1. The van der Waals surface area contributed by atoms with E-state index in [0.29, 0.717) is 23.3 Å². The zero-order valence-corrected chi connectivity index (χ0v) is 24.6. The summed E-state index contributed by atoms with van der Waals surface area (Å²) in [7, 11) is 0. The van der Waals surface area contributed by atoms with Gasteiger partial charge >= 0.3 is 0 Å². The smallest absolute Gasteiger partial charge is 0.208 e. The fraction of sp³-hybridized carbons (Fsp3) is 0.515. The van der Waals surface area contributed by atoms with Crippen molar-refractivity contribution < 1.29 is 4.79 Å². The molecule has 2 aromatic carbocycles. The Balaban J connectivity index is 1.67. The van der Waals surface area contributed by atoms with Gasteiger partial charge in [0, 0.05) is 36.6 Å². The number of ketones is 1. The number of fused-ring (bicyclic) bond motifs is 1. The second kappa shape index (κ2) is 13.3. The predicted octanol–water partition coefficient (Wildman–Crippen LogP) is 7.35. The maximum absolute atomic E-state index is 11.7. The first-order valence-electron chi connectivity index (χ1n) is 14.7. The predicted molar refractivity (Wildman–Crippen MR) is 165 cm³/mol. The number of Topliss-reactive ketones (excluding diaryl/α,β-unsaturated/α-hetero) is 1. The van der Waals surface area contributed by atoms with Gasteiger partial charge in [-0.2, -0.15) is 0 Å². The minimum Gasteiger partial charge on any atom is -0.372 e. The van der Waals surface area contributed by atoms with Gasteiger partial charge in [-0.15, -0.1) is 0 Å². The molecule has 0 amide bonds. The molecular formula is C33H47N5O. The number of aromatic nitrogens is 2. The van der Waals surface area contributed by atoms with E-state index in [0.717, 1.165) is 86.8 Å². The van der Waals surface area contributed by atoms with E-state index in [4.69, 9.17) is 4.98 Å². The molecule has 6 nitrogen and oxygen atoms in total. The number of anilines is 2. The highest BCUT2D eigenvalue weighted by Crippen LogP contribution is 2.30. The Labute approximate surface area is 234 Å². The van der Waals surface area contributed by atoms with Crippen LogP contribution in [0.2, 0.25) is 0 Å². The molecule has 0 unspecified atom stereocenters. The van der Waals surface area contributed by atoms with Crippen molar-refractivity contribution in [2.24, 2.45) is 17.8 Å². The summed E-state index contributed by atoms with van der Waals surface area (Å²) >= 11 is 0. The summed E-state index contributed by atoms with van der Waals surface area (Å²) in [5.41, 5.74) is 6.04. The largest absolute Gasteiger partial charge is 0.372 e. The molecule has 1 aliphatic heterocycles. The molecule has 39 heavy (non-hydrogen) atoms. The van der Waals surface area contributed by atoms with Crippen molar-refractivity contribution in [2.75, 3.05) is 31.5 Å². The van der Waals surface area contributed by atoms with E-state index in [-0.39, 0.29) is 5.78 Å². The first-order chi connectivity index (χ1) is 18.7. The number of benzene rings is 2. The summed E-state index contributed by atoms with van der Waals surface area (Å²) in [5.74, 6) is 2.84. The minimum atomic E-state index is 0.0725. The Morgan fingerprint density at radius 2 is 1.64 bits per heavy atom. The summed E-state index contributed by atoms with van der Waals surface area (Å²) in [5, 5.41) is 7.04. The van der Waals surface area contributed by atoms with E-state index < -0.39 is 0 Å². The van der Waals surface area contributed by atoms with Gasteiger partial charge in [-0.25, -0.2) is 4.98 Å². The Kier molecular flexibility index (Phi) is 9.84. The molecule has 2 heterocycles. The number of nitrogens with zero attached hydrogens (tertiary/aromatic N) is 3.